The lowest BCUT2D eigenvalue weighted by Crippen LogP contribution is -2.44. The van der Waals surface area contributed by atoms with Gasteiger partial charge in [-0.05, 0) is 19.4 Å². The number of aliphatic carboxylic acids is 1. The molecule has 126 valence electrons. The van der Waals surface area contributed by atoms with Gasteiger partial charge >= 0.3 is 17.9 Å². The number of carboxylic acid groups (broad SMARTS) is 1. The molecule has 1 rings (SSSR count). The van der Waals surface area contributed by atoms with E-state index in [1.54, 1.807) is 12.1 Å². The van der Waals surface area contributed by atoms with E-state index in [0.29, 0.717) is 0 Å². The van der Waals surface area contributed by atoms with Crippen LogP contribution in [0.15, 0.2) is 30.3 Å². The Kier molecular flexibility index (Phi) is 6.30. The highest BCUT2D eigenvalue weighted by Crippen LogP contribution is 2.35. The average molecular weight is 322 g/mol. The first-order valence-electron chi connectivity index (χ1n) is 7.23. The fourth-order valence-corrected chi connectivity index (χ4v) is 2.51. The Bertz CT molecular complexity index is 564. The molecule has 1 N–H and O–H groups in total. The van der Waals surface area contributed by atoms with E-state index in [4.69, 9.17) is 4.74 Å². The van der Waals surface area contributed by atoms with Crippen molar-refractivity contribution in [3.8, 4) is 0 Å². The van der Waals surface area contributed by atoms with Gasteiger partial charge in [-0.3, -0.25) is 14.4 Å². The Hall–Kier alpha value is -2.37. The second-order valence-electron chi connectivity index (χ2n) is 5.91. The van der Waals surface area contributed by atoms with E-state index < -0.39 is 35.2 Å². The number of carbonyl (C=O) groups excluding carboxylic acids is 2. The summed E-state index contributed by atoms with van der Waals surface area (Å²) in [7, 11) is 1.18. The highest BCUT2D eigenvalue weighted by Gasteiger charge is 2.48. The predicted octanol–water partition coefficient (Wildman–Crippen LogP) is 2.27. The van der Waals surface area contributed by atoms with Gasteiger partial charge in [0.1, 0.15) is 6.61 Å². The first-order valence-corrected chi connectivity index (χ1v) is 7.23. The monoisotopic (exact) mass is 322 g/mol. The fraction of sp³-hybridized carbons (Fsp3) is 0.471. The van der Waals surface area contributed by atoms with Crippen molar-refractivity contribution in [2.45, 2.75) is 27.4 Å². The molecular weight excluding hydrogens is 300 g/mol. The average Bonchev–Trinajstić information content (AvgIpc) is 2.51. The number of carboxylic acids is 1. The van der Waals surface area contributed by atoms with Crippen molar-refractivity contribution in [2.24, 2.45) is 17.3 Å². The van der Waals surface area contributed by atoms with Gasteiger partial charge in [0, 0.05) is 0 Å². The lowest BCUT2D eigenvalue weighted by Gasteiger charge is -2.32. The Morgan fingerprint density at radius 2 is 1.74 bits per heavy atom. The molecule has 0 saturated heterocycles. The zero-order chi connectivity index (χ0) is 17.6. The summed E-state index contributed by atoms with van der Waals surface area (Å²) in [5.41, 5.74) is -0.585. The minimum Gasteiger partial charge on any atom is -0.481 e. The molecule has 0 aliphatic carbocycles. The van der Waals surface area contributed by atoms with Crippen molar-refractivity contribution in [3.05, 3.63) is 35.9 Å². The van der Waals surface area contributed by atoms with Crippen molar-refractivity contribution in [1.29, 1.82) is 0 Å². The highest BCUT2D eigenvalue weighted by molar-refractivity contribution is 5.88. The summed E-state index contributed by atoms with van der Waals surface area (Å²) in [5.74, 6) is -4.83. The van der Waals surface area contributed by atoms with Crippen LogP contribution in [0.1, 0.15) is 26.3 Å². The third kappa shape index (κ3) is 4.55. The van der Waals surface area contributed by atoms with E-state index in [0.717, 1.165) is 5.56 Å². The molecule has 6 heteroatoms. The SMILES string of the molecule is COC(=O)C(C)C(C(=O)O)C(C)(C)C(=O)OCc1ccccc1. The van der Waals surface area contributed by atoms with Gasteiger partial charge in [0.2, 0.25) is 0 Å². The molecule has 0 radical (unpaired) electrons. The molecule has 6 nitrogen and oxygen atoms in total. The van der Waals surface area contributed by atoms with Gasteiger partial charge in [-0.1, -0.05) is 37.3 Å². The van der Waals surface area contributed by atoms with Gasteiger partial charge in [-0.15, -0.1) is 0 Å². The van der Waals surface area contributed by atoms with E-state index in [9.17, 15) is 19.5 Å². The van der Waals surface area contributed by atoms with Crippen LogP contribution in [0, 0.1) is 17.3 Å². The maximum atomic E-state index is 12.4. The summed E-state index contributed by atoms with van der Waals surface area (Å²) < 4.78 is 9.83. The van der Waals surface area contributed by atoms with Crippen molar-refractivity contribution < 1.29 is 29.0 Å². The molecule has 23 heavy (non-hydrogen) atoms. The summed E-state index contributed by atoms with van der Waals surface area (Å²) in [6.07, 6.45) is 0. The largest absolute Gasteiger partial charge is 0.481 e. The Morgan fingerprint density at radius 1 is 1.17 bits per heavy atom. The van der Waals surface area contributed by atoms with Gasteiger partial charge in [0.25, 0.3) is 0 Å². The third-order valence-corrected chi connectivity index (χ3v) is 3.86. The lowest BCUT2D eigenvalue weighted by atomic mass is 9.72. The van der Waals surface area contributed by atoms with Gasteiger partial charge in [0.15, 0.2) is 0 Å². The Labute approximate surface area is 135 Å². The van der Waals surface area contributed by atoms with Crippen LogP contribution in [0.25, 0.3) is 0 Å². The van der Waals surface area contributed by atoms with Crippen LogP contribution >= 0.6 is 0 Å². The number of ether oxygens (including phenoxy) is 2. The molecule has 2 unspecified atom stereocenters. The summed E-state index contributed by atoms with van der Waals surface area (Å²) in [6.45, 7) is 4.38. The molecule has 0 spiro atoms. The van der Waals surface area contributed by atoms with Crippen molar-refractivity contribution >= 4 is 17.9 Å². The zero-order valence-electron chi connectivity index (χ0n) is 13.7. The first-order chi connectivity index (χ1) is 10.7. The van der Waals surface area contributed by atoms with Crippen molar-refractivity contribution in [1.82, 2.24) is 0 Å². The standard InChI is InChI=1S/C17H22O6/c1-11(15(20)22-4)13(14(18)19)17(2,3)16(21)23-10-12-8-6-5-7-9-12/h5-9,11,13H,10H2,1-4H3,(H,18,19). The summed E-state index contributed by atoms with van der Waals surface area (Å²) >= 11 is 0. The summed E-state index contributed by atoms with van der Waals surface area (Å²) in [6, 6.07) is 9.06. The molecule has 0 aromatic heterocycles. The number of esters is 2. The predicted molar refractivity (Wildman–Crippen MR) is 82.3 cm³/mol. The fourth-order valence-electron chi connectivity index (χ4n) is 2.51. The van der Waals surface area contributed by atoms with Gasteiger partial charge in [0.05, 0.1) is 24.4 Å². The lowest BCUT2D eigenvalue weighted by molar-refractivity contribution is -0.172. The van der Waals surface area contributed by atoms with E-state index >= 15 is 0 Å². The van der Waals surface area contributed by atoms with Gasteiger partial charge in [-0.2, -0.15) is 0 Å². The molecule has 1 aromatic carbocycles. The van der Waals surface area contributed by atoms with Crippen LogP contribution in [0.2, 0.25) is 0 Å². The molecule has 0 saturated carbocycles. The second kappa shape index (κ2) is 7.76. The molecule has 1 aromatic rings. The Balaban J connectivity index is 2.89. The van der Waals surface area contributed by atoms with E-state index in [-0.39, 0.29) is 6.61 Å². The second-order valence-corrected chi connectivity index (χ2v) is 5.91. The molecule has 0 aliphatic rings. The zero-order valence-corrected chi connectivity index (χ0v) is 13.7. The number of methoxy groups -OCH3 is 1. The van der Waals surface area contributed by atoms with E-state index in [1.807, 2.05) is 18.2 Å². The van der Waals surface area contributed by atoms with E-state index in [2.05, 4.69) is 4.74 Å². The minimum absolute atomic E-state index is 0.0437. The molecular formula is C17H22O6. The molecule has 0 aliphatic heterocycles. The maximum Gasteiger partial charge on any atom is 0.312 e. The van der Waals surface area contributed by atoms with Crippen LogP contribution in [0.4, 0.5) is 0 Å². The summed E-state index contributed by atoms with van der Waals surface area (Å²) in [4.78, 5) is 35.6. The first kappa shape index (κ1) is 18.7. The van der Waals surface area contributed by atoms with Crippen LogP contribution in [0.5, 0.6) is 0 Å². The van der Waals surface area contributed by atoms with Crippen LogP contribution in [0.3, 0.4) is 0 Å². The topological polar surface area (TPSA) is 89.9 Å². The smallest absolute Gasteiger partial charge is 0.312 e. The Morgan fingerprint density at radius 3 is 2.22 bits per heavy atom. The van der Waals surface area contributed by atoms with Crippen LogP contribution in [-0.2, 0) is 30.5 Å². The van der Waals surface area contributed by atoms with E-state index in [1.165, 1.54) is 27.9 Å². The van der Waals surface area contributed by atoms with Crippen LogP contribution < -0.4 is 0 Å². The van der Waals surface area contributed by atoms with Crippen LogP contribution in [-0.4, -0.2) is 30.1 Å². The van der Waals surface area contributed by atoms with Crippen molar-refractivity contribution in [3.63, 3.8) is 0 Å². The summed E-state index contributed by atoms with van der Waals surface area (Å²) in [5, 5.41) is 9.44. The normalized spacial score (nSPS) is 13.7. The minimum atomic E-state index is -1.38. The molecule has 0 heterocycles. The number of benzene rings is 1. The van der Waals surface area contributed by atoms with Gasteiger partial charge < -0.3 is 14.6 Å². The number of hydrogen-bond donors (Lipinski definition) is 1. The number of carbonyl (C=O) groups is 3. The molecule has 0 fully saturated rings. The van der Waals surface area contributed by atoms with Gasteiger partial charge in [-0.25, -0.2) is 0 Å². The number of rotatable bonds is 7. The molecule has 2 atom stereocenters. The quantitative estimate of drug-likeness (QED) is 0.775. The molecule has 0 bridgehead atoms. The van der Waals surface area contributed by atoms with Crippen molar-refractivity contribution in [2.75, 3.05) is 7.11 Å². The number of hydrogen-bond acceptors (Lipinski definition) is 5. The highest BCUT2D eigenvalue weighted by atomic mass is 16.5. The maximum absolute atomic E-state index is 12.4. The molecule has 0 amide bonds. The third-order valence-electron chi connectivity index (χ3n) is 3.86.